The zero-order valence-electron chi connectivity index (χ0n) is 5.69. The number of rotatable bonds is 4. The molecule has 1 aromatic rings. The van der Waals surface area contributed by atoms with Gasteiger partial charge >= 0.3 is 5.97 Å². The molecule has 1 rings (SSSR count). The second-order valence-corrected chi connectivity index (χ2v) is 3.81. The van der Waals surface area contributed by atoms with Crippen LogP contribution in [0.15, 0.2) is 11.7 Å². The van der Waals surface area contributed by atoms with Crippen LogP contribution in [-0.2, 0) is 10.5 Å². The van der Waals surface area contributed by atoms with Gasteiger partial charge < -0.3 is 5.11 Å². The van der Waals surface area contributed by atoms with Gasteiger partial charge in [0.2, 0.25) is 0 Å². The summed E-state index contributed by atoms with van der Waals surface area (Å²) in [5.74, 6) is 0.147. The average molecular weight is 189 g/mol. The van der Waals surface area contributed by atoms with Crippen LogP contribution in [0.1, 0.15) is 4.88 Å². The molecule has 1 N–H and O–H groups in total. The molecule has 0 aliphatic heterocycles. The van der Waals surface area contributed by atoms with Crippen LogP contribution in [0.3, 0.4) is 0 Å². The van der Waals surface area contributed by atoms with Crippen LogP contribution in [0.5, 0.6) is 0 Å². The van der Waals surface area contributed by atoms with Gasteiger partial charge in [-0.2, -0.15) is 0 Å². The fourth-order valence-corrected chi connectivity index (χ4v) is 2.01. The van der Waals surface area contributed by atoms with Crippen LogP contribution in [0.2, 0.25) is 0 Å². The molecule has 3 nitrogen and oxygen atoms in total. The van der Waals surface area contributed by atoms with E-state index in [1.54, 1.807) is 23.0 Å². The van der Waals surface area contributed by atoms with Crippen LogP contribution in [0, 0.1) is 0 Å². The topological polar surface area (TPSA) is 50.2 Å². The van der Waals surface area contributed by atoms with Gasteiger partial charge in [-0.25, -0.2) is 0 Å². The lowest BCUT2D eigenvalue weighted by molar-refractivity contribution is -0.133. The lowest BCUT2D eigenvalue weighted by atomic mass is 10.6. The highest BCUT2D eigenvalue weighted by Crippen LogP contribution is 2.14. The lowest BCUT2D eigenvalue weighted by Crippen LogP contribution is -1.97. The number of hydrogen-bond donors (Lipinski definition) is 1. The number of carbonyl (C=O) groups is 1. The van der Waals surface area contributed by atoms with Crippen molar-refractivity contribution in [2.45, 2.75) is 5.75 Å². The highest BCUT2D eigenvalue weighted by molar-refractivity contribution is 7.99. The average Bonchev–Trinajstić information content (AvgIpc) is 2.39. The molecule has 0 saturated carbocycles. The van der Waals surface area contributed by atoms with E-state index >= 15 is 0 Å². The van der Waals surface area contributed by atoms with Crippen LogP contribution >= 0.6 is 23.1 Å². The summed E-state index contributed by atoms with van der Waals surface area (Å²) in [7, 11) is 0. The second-order valence-electron chi connectivity index (χ2n) is 1.85. The van der Waals surface area contributed by atoms with Gasteiger partial charge in [0.05, 0.1) is 11.3 Å². The summed E-state index contributed by atoms with van der Waals surface area (Å²) in [6.07, 6.45) is 1.76. The predicted molar refractivity (Wildman–Crippen MR) is 45.9 cm³/mol. The fourth-order valence-electron chi connectivity index (χ4n) is 0.552. The van der Waals surface area contributed by atoms with Gasteiger partial charge in [0.15, 0.2) is 0 Å². The molecular weight excluding hydrogens is 182 g/mol. The number of carboxylic acids is 1. The monoisotopic (exact) mass is 189 g/mol. The molecule has 11 heavy (non-hydrogen) atoms. The molecule has 0 aromatic carbocycles. The second kappa shape index (κ2) is 4.35. The number of thiazole rings is 1. The maximum Gasteiger partial charge on any atom is 0.313 e. The summed E-state index contributed by atoms with van der Waals surface area (Å²) >= 11 is 2.94. The van der Waals surface area contributed by atoms with Crippen molar-refractivity contribution in [3.63, 3.8) is 0 Å². The molecular formula is C6H7NO2S2. The molecule has 0 saturated heterocycles. The minimum atomic E-state index is -0.764. The van der Waals surface area contributed by atoms with E-state index < -0.39 is 5.97 Å². The first-order chi connectivity index (χ1) is 5.29. The molecule has 0 spiro atoms. The molecule has 1 heterocycles. The minimum Gasteiger partial charge on any atom is -0.481 e. The molecule has 0 unspecified atom stereocenters. The first-order valence-corrected chi connectivity index (χ1v) is 4.99. The third-order valence-electron chi connectivity index (χ3n) is 0.953. The highest BCUT2D eigenvalue weighted by Gasteiger charge is 1.98. The standard InChI is InChI=1S/C6H7NO2S2/c8-6(9)3-10-2-5-1-7-4-11-5/h1,4H,2-3H2,(H,8,9). The zero-order chi connectivity index (χ0) is 8.10. The lowest BCUT2D eigenvalue weighted by Gasteiger charge is -1.92. The van der Waals surface area contributed by atoms with Gasteiger partial charge in [-0.3, -0.25) is 9.78 Å². The highest BCUT2D eigenvalue weighted by atomic mass is 32.2. The van der Waals surface area contributed by atoms with Crippen molar-refractivity contribution in [3.05, 3.63) is 16.6 Å². The summed E-state index contributed by atoms with van der Waals surface area (Å²) in [5.41, 5.74) is 1.75. The molecule has 0 aliphatic rings. The molecule has 0 bridgehead atoms. The van der Waals surface area contributed by atoms with Gasteiger partial charge in [0.25, 0.3) is 0 Å². The van der Waals surface area contributed by atoms with Crippen LogP contribution in [0.4, 0.5) is 0 Å². The maximum absolute atomic E-state index is 10.1. The molecule has 0 atom stereocenters. The van der Waals surface area contributed by atoms with Crippen molar-refractivity contribution in [1.29, 1.82) is 0 Å². The quantitative estimate of drug-likeness (QED) is 0.779. The summed E-state index contributed by atoms with van der Waals surface area (Å²) in [6, 6.07) is 0. The van der Waals surface area contributed by atoms with E-state index in [-0.39, 0.29) is 5.75 Å². The zero-order valence-corrected chi connectivity index (χ0v) is 7.32. The number of aliphatic carboxylic acids is 1. The van der Waals surface area contributed by atoms with Crippen molar-refractivity contribution in [2.24, 2.45) is 0 Å². The minimum absolute atomic E-state index is 0.165. The van der Waals surface area contributed by atoms with Gasteiger partial charge in [-0.1, -0.05) is 0 Å². The smallest absolute Gasteiger partial charge is 0.313 e. The Hall–Kier alpha value is -0.550. The molecule has 5 heteroatoms. The SMILES string of the molecule is O=C(O)CSCc1cncs1. The van der Waals surface area contributed by atoms with E-state index in [4.69, 9.17) is 5.11 Å². The van der Waals surface area contributed by atoms with Gasteiger partial charge in [0.1, 0.15) is 0 Å². The Labute approximate surface area is 72.5 Å². The third-order valence-corrected chi connectivity index (χ3v) is 2.88. The Morgan fingerprint density at radius 2 is 2.64 bits per heavy atom. The number of aromatic nitrogens is 1. The molecule has 0 radical (unpaired) electrons. The summed E-state index contributed by atoms with van der Waals surface area (Å²) in [6.45, 7) is 0. The van der Waals surface area contributed by atoms with Crippen molar-refractivity contribution in [2.75, 3.05) is 5.75 Å². The van der Waals surface area contributed by atoms with E-state index in [2.05, 4.69) is 4.98 Å². The van der Waals surface area contributed by atoms with Crippen molar-refractivity contribution < 1.29 is 9.90 Å². The molecule has 0 amide bonds. The Morgan fingerprint density at radius 1 is 1.82 bits per heavy atom. The molecule has 0 aliphatic carbocycles. The van der Waals surface area contributed by atoms with Crippen molar-refractivity contribution in [1.82, 2.24) is 4.98 Å². The fraction of sp³-hybridized carbons (Fsp3) is 0.333. The van der Waals surface area contributed by atoms with Gasteiger partial charge in [0, 0.05) is 16.8 Å². The van der Waals surface area contributed by atoms with E-state index in [1.165, 1.54) is 11.8 Å². The molecule has 60 valence electrons. The van der Waals surface area contributed by atoms with E-state index in [1.807, 2.05) is 0 Å². The third kappa shape index (κ3) is 3.38. The van der Waals surface area contributed by atoms with Crippen LogP contribution in [-0.4, -0.2) is 21.8 Å². The van der Waals surface area contributed by atoms with Crippen molar-refractivity contribution in [3.8, 4) is 0 Å². The number of nitrogens with zero attached hydrogens (tertiary/aromatic N) is 1. The van der Waals surface area contributed by atoms with Crippen LogP contribution in [0.25, 0.3) is 0 Å². The Balaban J connectivity index is 2.19. The first-order valence-electron chi connectivity index (χ1n) is 2.96. The van der Waals surface area contributed by atoms with Crippen LogP contribution < -0.4 is 0 Å². The summed E-state index contributed by atoms with van der Waals surface area (Å²) < 4.78 is 0. The predicted octanol–water partition coefficient (Wildman–Crippen LogP) is 1.46. The summed E-state index contributed by atoms with van der Waals surface area (Å²) in [4.78, 5) is 15.1. The number of thioether (sulfide) groups is 1. The summed E-state index contributed by atoms with van der Waals surface area (Å²) in [5, 5.41) is 8.31. The number of carboxylic acid groups (broad SMARTS) is 1. The maximum atomic E-state index is 10.1. The number of hydrogen-bond acceptors (Lipinski definition) is 4. The Morgan fingerprint density at radius 3 is 3.18 bits per heavy atom. The van der Waals surface area contributed by atoms with E-state index in [0.29, 0.717) is 0 Å². The molecule has 0 fully saturated rings. The Kier molecular flexibility index (Phi) is 3.38. The van der Waals surface area contributed by atoms with Gasteiger partial charge in [-0.05, 0) is 0 Å². The largest absolute Gasteiger partial charge is 0.481 e. The molecule has 1 aromatic heterocycles. The Bertz CT molecular complexity index is 222. The van der Waals surface area contributed by atoms with Gasteiger partial charge in [-0.15, -0.1) is 23.1 Å². The first kappa shape index (κ1) is 8.55. The van der Waals surface area contributed by atoms with E-state index in [9.17, 15) is 4.79 Å². The van der Waals surface area contributed by atoms with E-state index in [0.717, 1.165) is 10.6 Å². The normalized spacial score (nSPS) is 9.82. The van der Waals surface area contributed by atoms with Crippen molar-refractivity contribution >= 4 is 29.1 Å².